The molecule has 1 saturated heterocycles. The maximum Gasteiger partial charge on any atom is 0.295 e. The number of aryl methyl sites for hydroxylation is 1. The highest BCUT2D eigenvalue weighted by atomic mass is 16.5. The molecule has 38 heavy (non-hydrogen) atoms. The first kappa shape index (κ1) is 24.8. The van der Waals surface area contributed by atoms with E-state index in [4.69, 9.17) is 4.74 Å². The zero-order valence-electron chi connectivity index (χ0n) is 20.7. The number of aliphatic hydroxyl groups is 1. The topological polar surface area (TPSA) is 100.0 Å². The molecule has 1 aliphatic heterocycles. The molecule has 1 atom stereocenters. The highest BCUT2D eigenvalue weighted by Crippen LogP contribution is 2.41. The normalized spacial score (nSPS) is 16.6. The first-order valence-electron chi connectivity index (χ1n) is 12.2. The number of ketones is 1. The molecule has 3 aromatic carbocycles. The Morgan fingerprint density at radius 3 is 2.37 bits per heavy atom. The molecule has 7 heteroatoms. The van der Waals surface area contributed by atoms with Gasteiger partial charge >= 0.3 is 0 Å². The average Bonchev–Trinajstić information content (AvgIpc) is 3.17. The predicted octanol–water partition coefficient (Wildman–Crippen LogP) is 5.30. The predicted molar refractivity (Wildman–Crippen MR) is 142 cm³/mol. The number of hydrogen-bond acceptors (Lipinski definition) is 6. The zero-order chi connectivity index (χ0) is 26.6. The fourth-order valence-corrected chi connectivity index (χ4v) is 4.60. The number of rotatable bonds is 7. The van der Waals surface area contributed by atoms with E-state index in [1.165, 1.54) is 17.0 Å². The number of phenolic OH excluding ortho intramolecular Hbond substituents is 1. The minimum Gasteiger partial charge on any atom is -0.508 e. The minimum atomic E-state index is -0.882. The number of nitrogens with zero attached hydrogens (tertiary/aromatic N) is 2. The number of carbonyl (C=O) groups excluding carboxylic acids is 2. The summed E-state index contributed by atoms with van der Waals surface area (Å²) in [7, 11) is 0. The number of amides is 1. The van der Waals surface area contributed by atoms with Crippen LogP contribution < -0.4 is 4.74 Å². The number of ether oxygens (including phenoxy) is 1. The number of aromatic hydroxyl groups is 1. The molecule has 0 radical (unpaired) electrons. The lowest BCUT2D eigenvalue weighted by Crippen LogP contribution is -2.29. The first-order valence-corrected chi connectivity index (χ1v) is 12.2. The van der Waals surface area contributed by atoms with Crippen LogP contribution in [0.1, 0.15) is 33.9 Å². The van der Waals surface area contributed by atoms with Crippen LogP contribution in [-0.4, -0.2) is 31.8 Å². The number of aromatic nitrogens is 1. The van der Waals surface area contributed by atoms with Crippen LogP contribution in [-0.2, 0) is 22.7 Å². The van der Waals surface area contributed by atoms with Crippen molar-refractivity contribution in [1.29, 1.82) is 0 Å². The lowest BCUT2D eigenvalue weighted by molar-refractivity contribution is -0.140. The maximum atomic E-state index is 13.2. The first-order chi connectivity index (χ1) is 18.4. The van der Waals surface area contributed by atoms with E-state index < -0.39 is 17.7 Å². The maximum absolute atomic E-state index is 13.2. The fourth-order valence-electron chi connectivity index (χ4n) is 4.60. The molecule has 190 valence electrons. The SMILES string of the molecule is Cc1cccc(COc2ccc(C(O)=C3C(=O)C(=O)N(Cc4ccncc4)[C@H]3c3cccc(O)c3)cc2)c1. The number of carbonyl (C=O) groups is 2. The van der Waals surface area contributed by atoms with Crippen LogP contribution in [0.25, 0.3) is 5.76 Å². The van der Waals surface area contributed by atoms with E-state index in [9.17, 15) is 19.8 Å². The largest absolute Gasteiger partial charge is 0.508 e. The molecule has 0 saturated carbocycles. The van der Waals surface area contributed by atoms with Crippen molar-refractivity contribution in [2.24, 2.45) is 0 Å². The van der Waals surface area contributed by atoms with Crippen molar-refractivity contribution in [2.45, 2.75) is 26.1 Å². The third-order valence-electron chi connectivity index (χ3n) is 6.44. The Balaban J connectivity index is 1.47. The summed E-state index contributed by atoms with van der Waals surface area (Å²) in [6.07, 6.45) is 3.22. The van der Waals surface area contributed by atoms with Gasteiger partial charge in [0.2, 0.25) is 0 Å². The molecule has 0 unspecified atom stereocenters. The summed E-state index contributed by atoms with van der Waals surface area (Å²) in [5.41, 5.74) is 3.81. The van der Waals surface area contributed by atoms with Crippen molar-refractivity contribution < 1.29 is 24.5 Å². The standard InChI is InChI=1S/C31H26N2O5/c1-20-4-2-5-22(16-20)19-38-26-10-8-23(9-11-26)29(35)27-28(24-6-3-7-25(34)17-24)33(31(37)30(27)36)18-21-12-14-32-15-13-21/h2-17,28,34-35H,18-19H2,1H3/t28-/m0/s1. The van der Waals surface area contributed by atoms with Crippen molar-refractivity contribution >= 4 is 17.4 Å². The molecule has 0 spiro atoms. The Hall–Kier alpha value is -4.91. The van der Waals surface area contributed by atoms with Crippen LogP contribution in [0.5, 0.6) is 11.5 Å². The van der Waals surface area contributed by atoms with Crippen molar-refractivity contribution in [3.05, 3.63) is 131 Å². The van der Waals surface area contributed by atoms with E-state index in [2.05, 4.69) is 4.98 Å². The van der Waals surface area contributed by atoms with Crippen molar-refractivity contribution in [2.75, 3.05) is 0 Å². The molecule has 1 fully saturated rings. The number of pyridine rings is 1. The molecule has 0 bridgehead atoms. The van der Waals surface area contributed by atoms with Gasteiger partial charge in [-0.1, -0.05) is 42.0 Å². The molecule has 4 aromatic rings. The molecule has 0 aliphatic carbocycles. The van der Waals surface area contributed by atoms with Crippen LogP contribution in [0.2, 0.25) is 0 Å². The van der Waals surface area contributed by atoms with Crippen molar-refractivity contribution in [1.82, 2.24) is 9.88 Å². The monoisotopic (exact) mass is 506 g/mol. The Kier molecular flexibility index (Phi) is 6.91. The average molecular weight is 507 g/mol. The van der Waals surface area contributed by atoms with Gasteiger partial charge in [-0.05, 0) is 72.1 Å². The summed E-state index contributed by atoms with van der Waals surface area (Å²) in [5.74, 6) is -1.21. The fraction of sp³-hybridized carbons (Fsp3) is 0.129. The van der Waals surface area contributed by atoms with Gasteiger partial charge in [0.25, 0.3) is 11.7 Å². The van der Waals surface area contributed by atoms with Gasteiger partial charge in [-0.2, -0.15) is 0 Å². The number of hydrogen-bond donors (Lipinski definition) is 2. The molecule has 5 rings (SSSR count). The molecule has 7 nitrogen and oxygen atoms in total. The summed E-state index contributed by atoms with van der Waals surface area (Å²) >= 11 is 0. The second-order valence-electron chi connectivity index (χ2n) is 9.18. The van der Waals surface area contributed by atoms with Gasteiger partial charge in [0.15, 0.2) is 0 Å². The van der Waals surface area contributed by atoms with E-state index in [-0.39, 0.29) is 23.6 Å². The summed E-state index contributed by atoms with van der Waals surface area (Å²) in [6.45, 7) is 2.55. The Bertz CT molecular complexity index is 1510. The second kappa shape index (κ2) is 10.6. The lowest BCUT2D eigenvalue weighted by atomic mass is 9.95. The van der Waals surface area contributed by atoms with Crippen LogP contribution in [0, 0.1) is 6.92 Å². The summed E-state index contributed by atoms with van der Waals surface area (Å²) in [5, 5.41) is 21.4. The van der Waals surface area contributed by atoms with Crippen LogP contribution in [0.15, 0.2) is 103 Å². The van der Waals surface area contributed by atoms with Gasteiger partial charge in [-0.25, -0.2) is 0 Å². The lowest BCUT2D eigenvalue weighted by Gasteiger charge is -2.25. The summed E-state index contributed by atoms with van der Waals surface area (Å²) in [4.78, 5) is 31.8. The smallest absolute Gasteiger partial charge is 0.295 e. The van der Waals surface area contributed by atoms with Gasteiger partial charge in [0, 0.05) is 24.5 Å². The Morgan fingerprint density at radius 1 is 0.921 bits per heavy atom. The van der Waals surface area contributed by atoms with Crippen LogP contribution >= 0.6 is 0 Å². The van der Waals surface area contributed by atoms with E-state index >= 15 is 0 Å². The Morgan fingerprint density at radius 2 is 1.66 bits per heavy atom. The number of likely N-dealkylation sites (tertiary alicyclic amines) is 1. The van der Waals surface area contributed by atoms with Crippen LogP contribution in [0.3, 0.4) is 0 Å². The molecular formula is C31H26N2O5. The van der Waals surface area contributed by atoms with Gasteiger partial charge in [-0.15, -0.1) is 0 Å². The van der Waals surface area contributed by atoms with Gasteiger partial charge < -0.3 is 19.8 Å². The highest BCUT2D eigenvalue weighted by Gasteiger charge is 2.46. The number of aliphatic hydroxyl groups excluding tert-OH is 1. The van der Waals surface area contributed by atoms with Crippen molar-refractivity contribution in [3.63, 3.8) is 0 Å². The molecule has 1 amide bonds. The van der Waals surface area contributed by atoms with Crippen LogP contribution in [0.4, 0.5) is 0 Å². The van der Waals surface area contributed by atoms with E-state index in [0.717, 1.165) is 16.7 Å². The number of phenols is 1. The quantitative estimate of drug-likeness (QED) is 0.201. The molecule has 2 N–H and O–H groups in total. The third kappa shape index (κ3) is 5.13. The summed E-state index contributed by atoms with van der Waals surface area (Å²) in [6, 6.07) is 23.7. The zero-order valence-corrected chi connectivity index (χ0v) is 20.7. The Labute approximate surface area is 220 Å². The van der Waals surface area contributed by atoms with Gasteiger partial charge in [-0.3, -0.25) is 14.6 Å². The molecule has 1 aromatic heterocycles. The summed E-state index contributed by atoms with van der Waals surface area (Å²) < 4.78 is 5.87. The van der Waals surface area contributed by atoms with E-state index in [1.54, 1.807) is 60.9 Å². The minimum absolute atomic E-state index is 0.00731. The molecular weight excluding hydrogens is 480 g/mol. The van der Waals surface area contributed by atoms with Crippen molar-refractivity contribution in [3.8, 4) is 11.5 Å². The van der Waals surface area contributed by atoms with E-state index in [1.807, 2.05) is 31.2 Å². The molecule has 1 aliphatic rings. The van der Waals surface area contributed by atoms with Gasteiger partial charge in [0.1, 0.15) is 23.9 Å². The second-order valence-corrected chi connectivity index (χ2v) is 9.18. The molecule has 2 heterocycles. The van der Waals surface area contributed by atoms with Gasteiger partial charge in [0.05, 0.1) is 11.6 Å². The highest BCUT2D eigenvalue weighted by molar-refractivity contribution is 6.46. The van der Waals surface area contributed by atoms with E-state index in [0.29, 0.717) is 23.5 Å². The third-order valence-corrected chi connectivity index (χ3v) is 6.44. The number of Topliss-reactive ketones (excluding diaryl/α,β-unsaturated/α-hetero) is 1. The number of benzene rings is 3.